The van der Waals surface area contributed by atoms with E-state index in [0.717, 1.165) is 0 Å². The van der Waals surface area contributed by atoms with E-state index in [-0.39, 0.29) is 6.61 Å². The minimum atomic E-state index is -2.68. The summed E-state index contributed by atoms with van der Waals surface area (Å²) in [5.74, 6) is 0. The quantitative estimate of drug-likeness (QED) is 0.703. The molecule has 0 fully saturated rings. The third-order valence-corrected chi connectivity index (χ3v) is 26.4. The summed E-state index contributed by atoms with van der Waals surface area (Å²) in [5, 5.41) is 9.17. The van der Waals surface area contributed by atoms with Gasteiger partial charge in [0.25, 0.3) is 0 Å². The van der Waals surface area contributed by atoms with Crippen molar-refractivity contribution in [3.05, 3.63) is 10.2 Å². The van der Waals surface area contributed by atoms with Gasteiger partial charge < -0.3 is 0 Å². The Kier molecular flexibility index (Phi) is 5.39. The monoisotopic (exact) mass is 348 g/mol. The Balaban J connectivity index is 6.03. The fourth-order valence-corrected chi connectivity index (χ4v) is 29.2. The Morgan fingerprint density at radius 3 is 1.24 bits per heavy atom. The maximum atomic E-state index is 9.17. The molecule has 0 aliphatic rings. The van der Waals surface area contributed by atoms with Gasteiger partial charge in [-0.05, 0) is 0 Å². The molecular weight excluding hydrogens is 315 g/mol. The summed E-state index contributed by atoms with van der Waals surface area (Å²) in [5.41, 5.74) is 0. The van der Waals surface area contributed by atoms with Crippen molar-refractivity contribution in [3.8, 4) is 0 Å². The Morgan fingerprint density at radius 1 is 0.765 bits per heavy atom. The Hall–Kier alpha value is 0.499. The van der Waals surface area contributed by atoms with Crippen molar-refractivity contribution in [2.75, 3.05) is 6.61 Å². The maximum absolute atomic E-state index is 9.17. The zero-order chi connectivity index (χ0) is 14.1. The van der Waals surface area contributed by atoms with E-state index in [4.69, 9.17) is 0 Å². The number of rotatable bonds is 2. The molecule has 0 atom stereocenters. The molecule has 0 aromatic heterocycles. The van der Waals surface area contributed by atoms with Crippen LogP contribution in [-0.2, 0) is 0 Å². The molecule has 17 heavy (non-hydrogen) atoms. The molecular formula is C15H32OSn. The molecule has 0 saturated heterocycles. The van der Waals surface area contributed by atoms with Crippen LogP contribution in [0, 0.1) is 0 Å². The van der Waals surface area contributed by atoms with E-state index in [0.29, 0.717) is 10.3 Å². The molecule has 0 aliphatic heterocycles. The second kappa shape index (κ2) is 5.24. The number of hydrogen-bond donors (Lipinski definition) is 1. The van der Waals surface area contributed by atoms with Crippen molar-refractivity contribution in [2.45, 2.75) is 72.6 Å². The third kappa shape index (κ3) is 3.28. The van der Waals surface area contributed by atoms with Crippen molar-refractivity contribution in [3.63, 3.8) is 0 Å². The molecule has 1 N–H and O–H groups in total. The first-order chi connectivity index (χ1) is 7.31. The normalized spacial score (nSPS) is 15.6. The van der Waals surface area contributed by atoms with E-state index in [9.17, 15) is 5.11 Å². The second-order valence-electron chi connectivity index (χ2n) is 8.14. The fraction of sp³-hybridized carbons (Fsp3) is 0.867. The van der Waals surface area contributed by atoms with Gasteiger partial charge in [0, 0.05) is 0 Å². The summed E-state index contributed by atoms with van der Waals surface area (Å²) < 4.78 is 3.49. The van der Waals surface area contributed by atoms with Crippen LogP contribution in [0.3, 0.4) is 0 Å². The molecule has 0 aromatic rings. The van der Waals surface area contributed by atoms with Crippen LogP contribution >= 0.6 is 0 Å². The van der Waals surface area contributed by atoms with E-state index in [1.54, 1.807) is 0 Å². The fourth-order valence-electron chi connectivity index (χ4n) is 4.35. The summed E-state index contributed by atoms with van der Waals surface area (Å²) in [6.07, 6.45) is 2.00. The van der Waals surface area contributed by atoms with Gasteiger partial charge in [0.15, 0.2) is 0 Å². The van der Waals surface area contributed by atoms with Crippen molar-refractivity contribution in [1.29, 1.82) is 0 Å². The number of aliphatic hydroxyl groups excluding tert-OH is 1. The summed E-state index contributed by atoms with van der Waals surface area (Å²) in [6, 6.07) is 0. The molecule has 0 aliphatic carbocycles. The van der Waals surface area contributed by atoms with E-state index >= 15 is 0 Å². The molecule has 0 spiro atoms. The first-order valence-electron chi connectivity index (χ1n) is 6.60. The molecule has 0 saturated carbocycles. The predicted octanol–water partition coefficient (Wildman–Crippen LogP) is 4.92. The van der Waals surface area contributed by atoms with Crippen LogP contribution in [0.4, 0.5) is 0 Å². The first-order valence-corrected chi connectivity index (χ1v) is 12.5. The molecule has 0 aromatic carbocycles. The second-order valence-corrected chi connectivity index (χ2v) is 26.6. The van der Waals surface area contributed by atoms with Gasteiger partial charge in [-0.25, -0.2) is 0 Å². The van der Waals surface area contributed by atoms with Gasteiger partial charge in [0.2, 0.25) is 0 Å². The van der Waals surface area contributed by atoms with Crippen LogP contribution in [0.15, 0.2) is 10.2 Å². The molecule has 0 unspecified atom stereocenters. The zero-order valence-electron chi connectivity index (χ0n) is 13.3. The molecule has 0 amide bonds. The molecule has 102 valence electrons. The number of aliphatic hydroxyl groups is 1. The zero-order valence-corrected chi connectivity index (χ0v) is 16.2. The molecule has 2 heteroatoms. The van der Waals surface area contributed by atoms with E-state index in [1.807, 2.05) is 6.08 Å². The van der Waals surface area contributed by atoms with Crippen LogP contribution in [0.1, 0.15) is 62.3 Å². The standard InChI is InChI=1S/3C4H9.C3H5O.Sn/c3*1-4(2)3;1-2-3-4;/h3*1-3H3;1-2,4H,3H2;. The summed E-state index contributed by atoms with van der Waals surface area (Å²) in [7, 11) is 0. The molecule has 0 radical (unpaired) electrons. The first kappa shape index (κ1) is 17.5. The third-order valence-electron chi connectivity index (χ3n) is 4.02. The SMILES string of the molecule is C[C](C)(C)[Sn](/[CH]=C/CO)([C](C)(C)C)[C](C)(C)C. The van der Waals surface area contributed by atoms with Gasteiger partial charge in [0.05, 0.1) is 0 Å². The van der Waals surface area contributed by atoms with Gasteiger partial charge in [-0.3, -0.25) is 0 Å². The average molecular weight is 347 g/mol. The van der Waals surface area contributed by atoms with Gasteiger partial charge in [-0.15, -0.1) is 0 Å². The van der Waals surface area contributed by atoms with E-state index < -0.39 is 18.4 Å². The topological polar surface area (TPSA) is 20.2 Å². The van der Waals surface area contributed by atoms with Crippen molar-refractivity contribution in [1.82, 2.24) is 0 Å². The Bertz CT molecular complexity index is 235. The average Bonchev–Trinajstić information content (AvgIpc) is 1.96. The Morgan fingerprint density at radius 2 is 1.06 bits per heavy atom. The summed E-state index contributed by atoms with van der Waals surface area (Å²) >= 11 is -2.68. The summed E-state index contributed by atoms with van der Waals surface area (Å²) in [6.45, 7) is 21.7. The summed E-state index contributed by atoms with van der Waals surface area (Å²) in [4.78, 5) is 0. The van der Waals surface area contributed by atoms with Crippen LogP contribution in [0.25, 0.3) is 0 Å². The van der Waals surface area contributed by atoms with Crippen LogP contribution in [0.2, 0.25) is 10.3 Å². The molecule has 0 rings (SSSR count). The van der Waals surface area contributed by atoms with E-state index in [1.165, 1.54) is 0 Å². The number of hydrogen-bond acceptors (Lipinski definition) is 1. The van der Waals surface area contributed by atoms with Gasteiger partial charge in [-0.1, -0.05) is 0 Å². The van der Waals surface area contributed by atoms with Crippen LogP contribution < -0.4 is 0 Å². The van der Waals surface area contributed by atoms with Gasteiger partial charge in [0.1, 0.15) is 0 Å². The van der Waals surface area contributed by atoms with E-state index in [2.05, 4.69) is 66.4 Å². The Labute approximate surface area is 113 Å². The minimum absolute atomic E-state index is 0.168. The van der Waals surface area contributed by atoms with Crippen LogP contribution in [-0.4, -0.2) is 30.1 Å². The van der Waals surface area contributed by atoms with Crippen molar-refractivity contribution >= 4 is 18.4 Å². The van der Waals surface area contributed by atoms with Gasteiger partial charge >= 0.3 is 113 Å². The molecule has 0 heterocycles. The molecule has 1 nitrogen and oxygen atoms in total. The predicted molar refractivity (Wildman–Crippen MR) is 81.1 cm³/mol. The van der Waals surface area contributed by atoms with Crippen LogP contribution in [0.5, 0.6) is 0 Å². The van der Waals surface area contributed by atoms with Crippen molar-refractivity contribution in [2.24, 2.45) is 0 Å². The van der Waals surface area contributed by atoms with Gasteiger partial charge in [-0.2, -0.15) is 0 Å². The van der Waals surface area contributed by atoms with Crippen molar-refractivity contribution < 1.29 is 5.11 Å². The molecule has 0 bridgehead atoms.